The van der Waals surface area contributed by atoms with Crippen LogP contribution >= 0.6 is 0 Å². The minimum atomic E-state index is 0.213. The summed E-state index contributed by atoms with van der Waals surface area (Å²) in [7, 11) is 3.78. The van der Waals surface area contributed by atoms with Crippen LogP contribution in [0.3, 0.4) is 0 Å². The summed E-state index contributed by atoms with van der Waals surface area (Å²) >= 11 is 0. The van der Waals surface area contributed by atoms with Crippen LogP contribution in [0.4, 0.5) is 0 Å². The van der Waals surface area contributed by atoms with E-state index >= 15 is 0 Å². The molecule has 0 bridgehead atoms. The lowest BCUT2D eigenvalue weighted by Gasteiger charge is -1.89. The predicted molar refractivity (Wildman–Crippen MR) is 31.5 cm³/mol. The first kappa shape index (κ1) is 5.80. The van der Waals surface area contributed by atoms with Crippen LogP contribution in [0.2, 0.25) is 5.72 Å². The monoisotopic (exact) mass is 82.1 g/mol. The van der Waals surface area contributed by atoms with Gasteiger partial charge in [0.2, 0.25) is 0 Å². The highest BCUT2D eigenvalue weighted by atomic mass is 16.1. The Morgan fingerprint density at radius 3 is 1.83 bits per heavy atom. The average molecular weight is 81.7 g/mol. The second-order valence-electron chi connectivity index (χ2n) is 1.77. The molecule has 0 aliphatic rings. The number of Topliss-reactive ketones (excluding diaryl/α,β-unsaturated/α-hetero) is 1. The molecule has 0 aromatic rings. The van der Waals surface area contributed by atoms with Crippen LogP contribution in [0.25, 0.3) is 0 Å². The van der Waals surface area contributed by atoms with Crippen LogP contribution in [0.5, 0.6) is 0 Å². The number of carbonyl (C=O) groups is 1. The molecule has 0 rings (SSSR count). The first-order chi connectivity index (χ1) is 2.64. The highest BCUT2D eigenvalue weighted by molar-refractivity contribution is 6.45. The Balaban J connectivity index is 3.26. The standard InChI is InChI=1S/C3H8B2O/c1-2(6)3(4)5/h3H,4-5H2,1H3. The number of hydrogen-bond donors (Lipinski definition) is 0. The van der Waals surface area contributed by atoms with E-state index in [2.05, 4.69) is 0 Å². The molecule has 0 spiro atoms. The number of hydrogen-bond acceptors (Lipinski definition) is 1. The first-order valence-corrected chi connectivity index (χ1v) is 2.15. The molecule has 0 aliphatic carbocycles. The third-order valence-electron chi connectivity index (χ3n) is 0.813. The Labute approximate surface area is 39.9 Å². The first-order valence-electron chi connectivity index (χ1n) is 2.15. The van der Waals surface area contributed by atoms with Gasteiger partial charge in [0, 0.05) is 0 Å². The molecule has 0 fully saturated rings. The quantitative estimate of drug-likeness (QED) is 0.355. The Kier molecular flexibility index (Phi) is 1.99. The molecule has 0 aliphatic heterocycles. The van der Waals surface area contributed by atoms with Crippen molar-refractivity contribution in [1.82, 2.24) is 0 Å². The lowest BCUT2D eigenvalue weighted by atomic mass is 9.69. The van der Waals surface area contributed by atoms with Gasteiger partial charge in [-0.3, -0.25) is 0 Å². The summed E-state index contributed by atoms with van der Waals surface area (Å²) in [5.41, 5.74) is 0.213. The van der Waals surface area contributed by atoms with Crippen molar-refractivity contribution in [3.63, 3.8) is 0 Å². The summed E-state index contributed by atoms with van der Waals surface area (Å²) in [6.45, 7) is 1.60. The topological polar surface area (TPSA) is 17.1 Å². The van der Waals surface area contributed by atoms with Crippen LogP contribution < -0.4 is 0 Å². The van der Waals surface area contributed by atoms with Crippen molar-refractivity contribution in [2.45, 2.75) is 12.6 Å². The zero-order valence-electron chi connectivity index (χ0n) is 4.49. The molecule has 0 heterocycles. The normalized spacial score (nSPS) is 9.00. The third-order valence-corrected chi connectivity index (χ3v) is 0.813. The highest BCUT2D eigenvalue weighted by Crippen LogP contribution is 1.87. The van der Waals surface area contributed by atoms with Crippen molar-refractivity contribution in [1.29, 1.82) is 0 Å². The summed E-state index contributed by atoms with van der Waals surface area (Å²) in [6.07, 6.45) is 0. The van der Waals surface area contributed by atoms with E-state index in [9.17, 15) is 4.79 Å². The van der Waals surface area contributed by atoms with Gasteiger partial charge in [0.25, 0.3) is 0 Å². The largest absolute Gasteiger partial charge is 0.301 e. The molecule has 0 N–H and O–H groups in total. The van der Waals surface area contributed by atoms with Crippen molar-refractivity contribution in [3.8, 4) is 0 Å². The molecule has 3 heteroatoms. The molecule has 0 saturated carbocycles. The van der Waals surface area contributed by atoms with Crippen molar-refractivity contribution < 1.29 is 4.79 Å². The number of ketones is 1. The van der Waals surface area contributed by atoms with E-state index in [1.807, 2.05) is 15.7 Å². The minimum Gasteiger partial charge on any atom is -0.301 e. The van der Waals surface area contributed by atoms with Crippen LogP contribution in [0.15, 0.2) is 0 Å². The lowest BCUT2D eigenvalue weighted by Crippen LogP contribution is -2.01. The maximum absolute atomic E-state index is 10.1. The lowest BCUT2D eigenvalue weighted by molar-refractivity contribution is -0.115. The molecule has 32 valence electrons. The third kappa shape index (κ3) is 2.06. The van der Waals surface area contributed by atoms with E-state index in [4.69, 9.17) is 0 Å². The molecule has 0 radical (unpaired) electrons. The molecule has 1 nitrogen and oxygen atoms in total. The van der Waals surface area contributed by atoms with Crippen LogP contribution in [0.1, 0.15) is 6.92 Å². The van der Waals surface area contributed by atoms with Gasteiger partial charge < -0.3 is 4.79 Å². The van der Waals surface area contributed by atoms with Gasteiger partial charge >= 0.3 is 0 Å². The molecule has 0 amide bonds. The van der Waals surface area contributed by atoms with Gasteiger partial charge in [-0.05, 0) is 12.6 Å². The summed E-state index contributed by atoms with van der Waals surface area (Å²) in [4.78, 5) is 10.1. The van der Waals surface area contributed by atoms with E-state index in [1.165, 1.54) is 0 Å². The van der Waals surface area contributed by atoms with Gasteiger partial charge in [-0.2, -0.15) is 0 Å². The van der Waals surface area contributed by atoms with E-state index in [0.717, 1.165) is 0 Å². The Hall–Kier alpha value is -0.200. The Bertz CT molecular complexity index is 59.8. The van der Waals surface area contributed by atoms with Crippen molar-refractivity contribution in [2.75, 3.05) is 0 Å². The second-order valence-corrected chi connectivity index (χ2v) is 1.77. The zero-order valence-corrected chi connectivity index (χ0v) is 4.49. The van der Waals surface area contributed by atoms with Gasteiger partial charge in [-0.25, -0.2) is 0 Å². The molecule has 0 unspecified atom stereocenters. The predicted octanol–water partition coefficient (Wildman–Crippen LogP) is -1.41. The van der Waals surface area contributed by atoms with Crippen LogP contribution in [0, 0.1) is 0 Å². The molecule has 0 saturated heterocycles. The highest BCUT2D eigenvalue weighted by Gasteiger charge is 1.95. The molecular weight excluding hydrogens is 73.7 g/mol. The van der Waals surface area contributed by atoms with Gasteiger partial charge in [0.15, 0.2) is 0 Å². The molecule has 6 heavy (non-hydrogen) atoms. The fraction of sp³-hybridized carbons (Fsp3) is 0.667. The number of rotatable bonds is 1. The fourth-order valence-corrected chi connectivity index (χ4v) is 0. The van der Waals surface area contributed by atoms with Crippen LogP contribution in [-0.2, 0) is 4.79 Å². The molecule has 0 aromatic carbocycles. The van der Waals surface area contributed by atoms with E-state index in [-0.39, 0.29) is 11.5 Å². The minimum absolute atomic E-state index is 0.213. The smallest absolute Gasteiger partial charge is 0.117 e. The van der Waals surface area contributed by atoms with E-state index < -0.39 is 0 Å². The Morgan fingerprint density at radius 2 is 1.83 bits per heavy atom. The summed E-state index contributed by atoms with van der Waals surface area (Å²) < 4.78 is 0. The number of carbonyl (C=O) groups excluding carboxylic acids is 1. The van der Waals surface area contributed by atoms with Gasteiger partial charge in [0.05, 0.1) is 0 Å². The fourth-order valence-electron chi connectivity index (χ4n) is 0. The average Bonchev–Trinajstić information content (AvgIpc) is 1.36. The van der Waals surface area contributed by atoms with E-state index in [0.29, 0.717) is 0 Å². The van der Waals surface area contributed by atoms with E-state index in [1.54, 1.807) is 6.92 Å². The van der Waals surface area contributed by atoms with Gasteiger partial charge in [-0.1, -0.05) is 0 Å². The van der Waals surface area contributed by atoms with Crippen molar-refractivity contribution in [3.05, 3.63) is 0 Å². The summed E-state index contributed by atoms with van der Waals surface area (Å²) in [5.74, 6) is 0.259. The maximum Gasteiger partial charge on any atom is 0.117 e. The maximum atomic E-state index is 10.1. The van der Waals surface area contributed by atoms with Crippen molar-refractivity contribution in [2.24, 2.45) is 0 Å². The molecule has 0 atom stereocenters. The Morgan fingerprint density at radius 1 is 1.67 bits per heavy atom. The molecule has 0 aromatic heterocycles. The van der Waals surface area contributed by atoms with Gasteiger partial charge in [-0.15, -0.1) is 0 Å². The van der Waals surface area contributed by atoms with Crippen molar-refractivity contribution >= 4 is 21.5 Å². The summed E-state index contributed by atoms with van der Waals surface area (Å²) in [5, 5.41) is 0. The second kappa shape index (κ2) is 2.06. The summed E-state index contributed by atoms with van der Waals surface area (Å²) in [6, 6.07) is 0. The molecular formula is C3H8B2O. The zero-order chi connectivity index (χ0) is 5.15. The van der Waals surface area contributed by atoms with Crippen LogP contribution in [-0.4, -0.2) is 21.5 Å². The van der Waals surface area contributed by atoms with Gasteiger partial charge in [0.1, 0.15) is 21.5 Å². The SMILES string of the molecule is BC(B)C(C)=O.